The monoisotopic (exact) mass is 417 g/mol. The Hall–Kier alpha value is -0.850. The van der Waals surface area contributed by atoms with E-state index in [0.29, 0.717) is 4.88 Å². The van der Waals surface area contributed by atoms with Crippen LogP contribution in [0, 0.1) is 0 Å². The van der Waals surface area contributed by atoms with Crippen LogP contribution in [0.3, 0.4) is 0 Å². The Labute approximate surface area is 138 Å². The van der Waals surface area contributed by atoms with E-state index in [2.05, 4.69) is 31.9 Å². The Balaban J connectivity index is 2.19. The minimum Gasteiger partial charge on any atom is -0.508 e. The summed E-state index contributed by atoms with van der Waals surface area (Å²) in [6.45, 7) is 1.96. The molecule has 1 aromatic carbocycles. The number of hydrogen-bond acceptors (Lipinski definition) is 3. The van der Waals surface area contributed by atoms with Crippen molar-refractivity contribution in [2.45, 2.75) is 13.0 Å². The third kappa shape index (κ3) is 3.24. The van der Waals surface area contributed by atoms with E-state index in [9.17, 15) is 9.90 Å². The molecule has 0 saturated carbocycles. The predicted molar refractivity (Wildman–Crippen MR) is 88.3 cm³/mol. The van der Waals surface area contributed by atoms with Crippen molar-refractivity contribution >= 4 is 49.1 Å². The molecule has 0 aliphatic heterocycles. The summed E-state index contributed by atoms with van der Waals surface area (Å²) in [4.78, 5) is 14.8. The number of amides is 1. The van der Waals surface area contributed by atoms with E-state index in [4.69, 9.17) is 0 Å². The van der Waals surface area contributed by atoms with E-state index in [-0.39, 0.29) is 17.7 Å². The largest absolute Gasteiger partial charge is 0.508 e. The maximum absolute atomic E-state index is 12.4. The van der Waals surface area contributed by atoms with Crippen LogP contribution in [0.4, 0.5) is 0 Å². The molecule has 0 aliphatic rings. The standard InChI is InChI=1S/C14H13Br2NO2S/c1-8(9-3-5-10(18)6-4-9)17(2)14(19)12-7-11(15)13(16)20-12/h3-8,18H,1-2H3. The second-order valence-electron chi connectivity index (χ2n) is 4.42. The molecular formula is C14H13Br2NO2S. The van der Waals surface area contributed by atoms with E-state index in [1.54, 1.807) is 24.1 Å². The van der Waals surface area contributed by atoms with E-state index >= 15 is 0 Å². The molecule has 1 N–H and O–H groups in total. The van der Waals surface area contributed by atoms with E-state index in [1.807, 2.05) is 25.1 Å². The maximum Gasteiger partial charge on any atom is 0.264 e. The van der Waals surface area contributed by atoms with Gasteiger partial charge < -0.3 is 10.0 Å². The van der Waals surface area contributed by atoms with Gasteiger partial charge in [-0.3, -0.25) is 4.79 Å². The van der Waals surface area contributed by atoms with Gasteiger partial charge in [0.2, 0.25) is 0 Å². The minimum atomic E-state index is -0.0669. The third-order valence-electron chi connectivity index (χ3n) is 3.13. The number of carbonyl (C=O) groups is 1. The van der Waals surface area contributed by atoms with Gasteiger partial charge in [-0.05, 0) is 62.5 Å². The van der Waals surface area contributed by atoms with Crippen molar-refractivity contribution in [1.29, 1.82) is 0 Å². The fraction of sp³-hybridized carbons (Fsp3) is 0.214. The van der Waals surface area contributed by atoms with Crippen LogP contribution in [0.1, 0.15) is 28.2 Å². The number of aromatic hydroxyl groups is 1. The van der Waals surface area contributed by atoms with E-state index in [0.717, 1.165) is 13.8 Å². The molecule has 106 valence electrons. The number of benzene rings is 1. The molecule has 1 unspecified atom stereocenters. The lowest BCUT2D eigenvalue weighted by Gasteiger charge is -2.24. The highest BCUT2D eigenvalue weighted by Gasteiger charge is 2.21. The van der Waals surface area contributed by atoms with E-state index in [1.165, 1.54) is 11.3 Å². The molecule has 6 heteroatoms. The Morgan fingerprint density at radius 2 is 1.90 bits per heavy atom. The first kappa shape index (κ1) is 15.5. The van der Waals surface area contributed by atoms with E-state index < -0.39 is 0 Å². The predicted octanol–water partition coefficient (Wildman–Crippen LogP) is 4.81. The molecule has 1 aromatic heterocycles. The molecule has 2 aromatic rings. The van der Waals surface area contributed by atoms with Gasteiger partial charge in [0, 0.05) is 11.5 Å². The summed E-state index contributed by atoms with van der Waals surface area (Å²) in [7, 11) is 1.78. The summed E-state index contributed by atoms with van der Waals surface area (Å²) in [6, 6.07) is 8.65. The molecule has 1 amide bonds. The van der Waals surface area contributed by atoms with Gasteiger partial charge in [0.25, 0.3) is 5.91 Å². The molecule has 0 aliphatic carbocycles. The normalized spacial score (nSPS) is 12.2. The van der Waals surface area contributed by atoms with Gasteiger partial charge >= 0.3 is 0 Å². The number of phenolic OH excluding ortho intramolecular Hbond substituents is 1. The van der Waals surface area contributed by atoms with Gasteiger partial charge in [-0.15, -0.1) is 11.3 Å². The van der Waals surface area contributed by atoms with Crippen LogP contribution in [0.5, 0.6) is 5.75 Å². The Morgan fingerprint density at radius 3 is 2.40 bits per heavy atom. The van der Waals surface area contributed by atoms with Crippen LogP contribution in [0.25, 0.3) is 0 Å². The highest BCUT2D eigenvalue weighted by molar-refractivity contribution is 9.13. The fourth-order valence-electron chi connectivity index (χ4n) is 1.78. The second kappa shape index (κ2) is 6.28. The lowest BCUT2D eigenvalue weighted by atomic mass is 10.1. The Morgan fingerprint density at radius 1 is 1.30 bits per heavy atom. The van der Waals surface area contributed by atoms with Gasteiger partial charge in [0.15, 0.2) is 0 Å². The first-order valence-corrected chi connectivity index (χ1v) is 8.31. The van der Waals surface area contributed by atoms with Crippen LogP contribution >= 0.6 is 43.2 Å². The molecule has 3 nitrogen and oxygen atoms in total. The van der Waals surface area contributed by atoms with Gasteiger partial charge in [-0.2, -0.15) is 0 Å². The molecule has 0 bridgehead atoms. The molecule has 1 atom stereocenters. The van der Waals surface area contributed by atoms with Crippen LogP contribution in [0.2, 0.25) is 0 Å². The first-order valence-electron chi connectivity index (χ1n) is 5.91. The number of halogens is 2. The number of phenols is 1. The minimum absolute atomic E-state index is 0.0259. The Bertz CT molecular complexity index is 605. The van der Waals surface area contributed by atoms with Crippen molar-refractivity contribution in [3.63, 3.8) is 0 Å². The maximum atomic E-state index is 12.4. The number of thiophene rings is 1. The summed E-state index contributed by atoms with van der Waals surface area (Å²) in [5.41, 5.74) is 0.980. The Kier molecular flexibility index (Phi) is 4.88. The number of carbonyl (C=O) groups excluding carboxylic acids is 1. The topological polar surface area (TPSA) is 40.5 Å². The average molecular weight is 419 g/mol. The van der Waals surface area contributed by atoms with Crippen molar-refractivity contribution < 1.29 is 9.90 Å². The zero-order chi connectivity index (χ0) is 14.9. The van der Waals surface area contributed by atoms with Crippen molar-refractivity contribution in [3.05, 3.63) is 49.0 Å². The third-order valence-corrected chi connectivity index (χ3v) is 6.38. The SMILES string of the molecule is CC(c1ccc(O)cc1)N(C)C(=O)c1cc(Br)c(Br)s1. The van der Waals surface area contributed by atoms with Crippen LogP contribution < -0.4 is 0 Å². The highest BCUT2D eigenvalue weighted by Crippen LogP contribution is 2.34. The number of hydrogen-bond donors (Lipinski definition) is 1. The van der Waals surface area contributed by atoms with Gasteiger partial charge in [0.05, 0.1) is 14.7 Å². The van der Waals surface area contributed by atoms with Gasteiger partial charge in [-0.25, -0.2) is 0 Å². The molecule has 0 fully saturated rings. The summed E-state index contributed by atoms with van der Waals surface area (Å²) in [5, 5.41) is 9.31. The molecular weight excluding hydrogens is 406 g/mol. The summed E-state index contributed by atoms with van der Waals surface area (Å²) >= 11 is 8.19. The lowest BCUT2D eigenvalue weighted by molar-refractivity contribution is 0.0747. The van der Waals surface area contributed by atoms with Crippen molar-refractivity contribution in [2.75, 3.05) is 7.05 Å². The quantitative estimate of drug-likeness (QED) is 0.776. The molecule has 0 saturated heterocycles. The van der Waals surface area contributed by atoms with Gasteiger partial charge in [0.1, 0.15) is 5.75 Å². The summed E-state index contributed by atoms with van der Waals surface area (Å²) < 4.78 is 1.79. The smallest absolute Gasteiger partial charge is 0.264 e. The average Bonchev–Trinajstić information content (AvgIpc) is 2.77. The summed E-state index contributed by atoms with van der Waals surface area (Å²) in [6.07, 6.45) is 0. The zero-order valence-corrected chi connectivity index (χ0v) is 14.9. The first-order chi connectivity index (χ1) is 9.40. The number of rotatable bonds is 3. The van der Waals surface area contributed by atoms with Crippen LogP contribution in [-0.2, 0) is 0 Å². The lowest BCUT2D eigenvalue weighted by Crippen LogP contribution is -2.29. The van der Waals surface area contributed by atoms with Crippen molar-refractivity contribution in [2.24, 2.45) is 0 Å². The molecule has 20 heavy (non-hydrogen) atoms. The van der Waals surface area contributed by atoms with Crippen molar-refractivity contribution in [3.8, 4) is 5.75 Å². The van der Waals surface area contributed by atoms with Crippen LogP contribution in [0.15, 0.2) is 38.6 Å². The molecule has 1 heterocycles. The molecule has 0 spiro atoms. The second-order valence-corrected chi connectivity index (χ2v) is 7.64. The van der Waals surface area contributed by atoms with Crippen LogP contribution in [-0.4, -0.2) is 23.0 Å². The molecule has 2 rings (SSSR count). The fourth-order valence-corrected chi connectivity index (χ4v) is 3.80. The zero-order valence-electron chi connectivity index (χ0n) is 10.9. The molecule has 0 radical (unpaired) electrons. The van der Waals surface area contributed by atoms with Crippen molar-refractivity contribution in [1.82, 2.24) is 4.90 Å². The summed E-state index contributed by atoms with van der Waals surface area (Å²) in [5.74, 6) is 0.197. The highest BCUT2D eigenvalue weighted by atomic mass is 79.9. The number of nitrogens with zero attached hydrogens (tertiary/aromatic N) is 1. The van der Waals surface area contributed by atoms with Gasteiger partial charge in [-0.1, -0.05) is 12.1 Å².